The van der Waals surface area contributed by atoms with Crippen molar-refractivity contribution in [2.24, 2.45) is 0 Å². The van der Waals surface area contributed by atoms with Crippen molar-refractivity contribution in [3.05, 3.63) is 0 Å². The van der Waals surface area contributed by atoms with Crippen LogP contribution in [-0.4, -0.2) is 77.9 Å². The minimum absolute atomic E-state index is 0.174. The molecule has 0 aromatic rings. The van der Waals surface area contributed by atoms with Gasteiger partial charge in [0.05, 0.1) is 6.61 Å². The molecular formula is C11H25O15P3. The van der Waals surface area contributed by atoms with Gasteiger partial charge >= 0.3 is 23.5 Å². The molecule has 0 radical (unpaired) electrons. The summed E-state index contributed by atoms with van der Waals surface area (Å²) in [6.45, 7) is 2.41. The second kappa shape index (κ2) is 10.2. The van der Waals surface area contributed by atoms with Gasteiger partial charge in [0, 0.05) is 6.61 Å². The van der Waals surface area contributed by atoms with Crippen molar-refractivity contribution in [3.63, 3.8) is 0 Å². The van der Waals surface area contributed by atoms with Crippen LogP contribution in [0, 0.1) is 0 Å². The van der Waals surface area contributed by atoms with E-state index in [0.717, 1.165) is 13.3 Å². The molecule has 174 valence electrons. The molecule has 0 aliphatic carbocycles. The van der Waals surface area contributed by atoms with E-state index in [2.05, 4.69) is 13.6 Å². The van der Waals surface area contributed by atoms with Crippen LogP contribution in [0.15, 0.2) is 0 Å². The number of phosphoric acid groups is 3. The average Bonchev–Trinajstić information content (AvgIpc) is 2.47. The molecule has 1 heterocycles. The van der Waals surface area contributed by atoms with Crippen molar-refractivity contribution in [3.8, 4) is 0 Å². The van der Waals surface area contributed by atoms with Crippen LogP contribution < -0.4 is 0 Å². The summed E-state index contributed by atoms with van der Waals surface area (Å²) in [5, 5.41) is 10.4. The van der Waals surface area contributed by atoms with Crippen molar-refractivity contribution in [1.29, 1.82) is 0 Å². The summed E-state index contributed by atoms with van der Waals surface area (Å²) in [5.74, 6) is -2.63. The molecule has 1 aliphatic heterocycles. The summed E-state index contributed by atoms with van der Waals surface area (Å²) in [4.78, 5) is 54.7. The Labute approximate surface area is 165 Å². The molecule has 15 nitrogen and oxygen atoms in total. The number of phosphoric ester groups is 3. The second-order valence-electron chi connectivity index (χ2n) is 6.28. The van der Waals surface area contributed by atoms with Gasteiger partial charge in [-0.2, -0.15) is 0 Å². The van der Waals surface area contributed by atoms with E-state index >= 15 is 0 Å². The Balaban J connectivity index is 3.33. The Morgan fingerprint density at radius 3 is 1.83 bits per heavy atom. The third-order valence-corrected chi connectivity index (χ3v) is 5.14. The van der Waals surface area contributed by atoms with Crippen LogP contribution in [0.1, 0.15) is 26.7 Å². The van der Waals surface area contributed by atoms with Gasteiger partial charge in [0.2, 0.25) is 0 Å². The molecule has 1 rings (SSSR count). The Morgan fingerprint density at radius 2 is 1.38 bits per heavy atom. The fourth-order valence-electron chi connectivity index (χ4n) is 2.57. The van der Waals surface area contributed by atoms with E-state index < -0.39 is 60.3 Å². The van der Waals surface area contributed by atoms with E-state index in [0.29, 0.717) is 6.42 Å². The van der Waals surface area contributed by atoms with E-state index in [9.17, 15) is 18.8 Å². The molecule has 1 fully saturated rings. The summed E-state index contributed by atoms with van der Waals surface area (Å²) in [6, 6.07) is 0. The van der Waals surface area contributed by atoms with Gasteiger partial charge in [-0.3, -0.25) is 13.6 Å². The first-order chi connectivity index (χ1) is 13.0. The average molecular weight is 490 g/mol. The fourth-order valence-corrected chi connectivity index (χ4v) is 4.30. The maximum atomic E-state index is 11.4. The highest BCUT2D eigenvalue weighted by Gasteiger charge is 2.58. The van der Waals surface area contributed by atoms with Gasteiger partial charge in [-0.05, 0) is 13.3 Å². The van der Waals surface area contributed by atoms with Gasteiger partial charge in [-0.1, -0.05) is 13.3 Å². The van der Waals surface area contributed by atoms with E-state index in [1.807, 2.05) is 6.92 Å². The zero-order valence-corrected chi connectivity index (χ0v) is 18.1. The lowest BCUT2D eigenvalue weighted by Gasteiger charge is -2.48. The smallest absolute Gasteiger partial charge is 0.379 e. The standard InChI is InChI=1S/C11H25O15P3/c1-3-4-5-22-6-7-8(24-27(13,14)15)9(25-28(16,17)18)10(11(2,12)23-7)26-29(19,20)21/h7-10,12H,3-6H2,1-2H3,(H2,13,14,15)(H2,16,17,18)(H2,19,20,21)/t7-,8-,9+,10+,11+/m1/s1. The SMILES string of the molecule is CCCCOC[C@H]1O[C@](C)(O)[C@@H](OP(=O)(O)O)[C@@H](OP(=O)(O)O)[C@@H]1OP(=O)(O)O. The highest BCUT2D eigenvalue weighted by Crippen LogP contribution is 2.51. The van der Waals surface area contributed by atoms with Gasteiger partial charge in [0.1, 0.15) is 18.3 Å². The first-order valence-electron chi connectivity index (χ1n) is 8.15. The summed E-state index contributed by atoms with van der Waals surface area (Å²) in [7, 11) is -16.2. The largest absolute Gasteiger partial charge is 0.470 e. The first kappa shape index (κ1) is 27.2. The third kappa shape index (κ3) is 9.92. The predicted molar refractivity (Wildman–Crippen MR) is 92.0 cm³/mol. The van der Waals surface area contributed by atoms with Crippen molar-refractivity contribution in [2.75, 3.05) is 13.2 Å². The fraction of sp³-hybridized carbons (Fsp3) is 1.00. The zero-order valence-electron chi connectivity index (χ0n) is 15.4. The molecule has 0 bridgehead atoms. The molecule has 1 aliphatic rings. The summed E-state index contributed by atoms with van der Waals surface area (Å²) < 4.78 is 57.7. The van der Waals surface area contributed by atoms with Crippen LogP contribution in [0.3, 0.4) is 0 Å². The van der Waals surface area contributed by atoms with Crippen LogP contribution >= 0.6 is 23.5 Å². The van der Waals surface area contributed by atoms with Gasteiger partial charge in [-0.25, -0.2) is 13.7 Å². The van der Waals surface area contributed by atoms with E-state index in [1.54, 1.807) is 0 Å². The van der Waals surface area contributed by atoms with Crippen LogP contribution in [0.5, 0.6) is 0 Å². The lowest BCUT2D eigenvalue weighted by atomic mass is 9.93. The Bertz CT molecular complexity index is 664. The molecular weight excluding hydrogens is 465 g/mol. The quantitative estimate of drug-likeness (QED) is 0.141. The Kier molecular flexibility index (Phi) is 9.60. The highest BCUT2D eigenvalue weighted by molar-refractivity contribution is 7.47. The number of hydrogen-bond donors (Lipinski definition) is 7. The molecule has 1 saturated heterocycles. The van der Waals surface area contributed by atoms with Crippen molar-refractivity contribution >= 4 is 23.5 Å². The zero-order chi connectivity index (χ0) is 22.7. The molecule has 0 saturated carbocycles. The molecule has 0 amide bonds. The maximum Gasteiger partial charge on any atom is 0.470 e. The highest BCUT2D eigenvalue weighted by atomic mass is 31.2. The topological polar surface area (TPSA) is 239 Å². The molecule has 29 heavy (non-hydrogen) atoms. The normalized spacial score (nSPS) is 31.8. The van der Waals surface area contributed by atoms with Crippen molar-refractivity contribution in [2.45, 2.75) is 56.9 Å². The number of rotatable bonds is 11. The molecule has 18 heteroatoms. The maximum absolute atomic E-state index is 11.4. The predicted octanol–water partition coefficient (Wildman–Crippen LogP) is -0.656. The minimum Gasteiger partial charge on any atom is -0.379 e. The molecule has 0 spiro atoms. The number of ether oxygens (including phenoxy) is 2. The van der Waals surface area contributed by atoms with Crippen LogP contribution in [0.25, 0.3) is 0 Å². The lowest BCUT2D eigenvalue weighted by Crippen LogP contribution is -2.65. The molecule has 0 aromatic heterocycles. The van der Waals surface area contributed by atoms with E-state index in [-0.39, 0.29) is 6.61 Å². The minimum atomic E-state index is -5.43. The second-order valence-corrected chi connectivity index (χ2v) is 9.85. The summed E-state index contributed by atoms with van der Waals surface area (Å²) in [6.07, 6.45) is -6.88. The number of unbranched alkanes of at least 4 members (excludes halogenated alkanes) is 1. The van der Waals surface area contributed by atoms with Crippen molar-refractivity contribution < 1.29 is 71.2 Å². The third-order valence-electron chi connectivity index (χ3n) is 3.60. The van der Waals surface area contributed by atoms with E-state index in [4.69, 9.17) is 38.8 Å². The van der Waals surface area contributed by atoms with Crippen LogP contribution in [0.4, 0.5) is 0 Å². The monoisotopic (exact) mass is 490 g/mol. The van der Waals surface area contributed by atoms with Gasteiger partial charge < -0.3 is 43.9 Å². The Hall–Kier alpha value is 0.210. The summed E-state index contributed by atoms with van der Waals surface area (Å²) >= 11 is 0. The lowest BCUT2D eigenvalue weighted by molar-refractivity contribution is -0.334. The molecule has 5 atom stereocenters. The van der Waals surface area contributed by atoms with Crippen molar-refractivity contribution in [1.82, 2.24) is 0 Å². The molecule has 7 N–H and O–H groups in total. The van der Waals surface area contributed by atoms with Crippen LogP contribution in [0.2, 0.25) is 0 Å². The van der Waals surface area contributed by atoms with Gasteiger partial charge in [0.15, 0.2) is 11.9 Å². The van der Waals surface area contributed by atoms with Gasteiger partial charge in [0.25, 0.3) is 0 Å². The Morgan fingerprint density at radius 1 is 0.897 bits per heavy atom. The first-order valence-corrected chi connectivity index (χ1v) is 12.7. The molecule has 0 aromatic carbocycles. The number of aliphatic hydroxyl groups is 1. The van der Waals surface area contributed by atoms with E-state index in [1.165, 1.54) is 0 Å². The van der Waals surface area contributed by atoms with Crippen LogP contribution in [-0.2, 0) is 36.7 Å². The number of hydrogen-bond acceptors (Lipinski definition) is 9. The molecule has 0 unspecified atom stereocenters. The van der Waals surface area contributed by atoms with Gasteiger partial charge in [-0.15, -0.1) is 0 Å². The summed E-state index contributed by atoms with van der Waals surface area (Å²) in [5.41, 5.74) is 0.